The van der Waals surface area contributed by atoms with Crippen molar-refractivity contribution in [3.63, 3.8) is 0 Å². The summed E-state index contributed by atoms with van der Waals surface area (Å²) >= 11 is 0. The number of hydrogen-bond acceptors (Lipinski definition) is 8. The van der Waals surface area contributed by atoms with Crippen LogP contribution in [0.5, 0.6) is 0 Å². The Morgan fingerprint density at radius 2 is 0.867 bits per heavy atom. The van der Waals surface area contributed by atoms with E-state index in [-0.39, 0.29) is 37.7 Å². The Morgan fingerprint density at radius 1 is 0.800 bits per heavy atom. The van der Waals surface area contributed by atoms with Crippen LogP contribution < -0.4 is 0 Å². The second-order valence-electron chi connectivity index (χ2n) is 1.26. The third kappa shape index (κ3) is 15.3. The van der Waals surface area contributed by atoms with Crippen molar-refractivity contribution >= 4 is 76.3 Å². The van der Waals surface area contributed by atoms with Gasteiger partial charge in [0.1, 0.15) is 0 Å². The molecule has 0 aromatic heterocycles. The Labute approximate surface area is 118 Å². The van der Waals surface area contributed by atoms with Gasteiger partial charge in [-0.05, 0) is 0 Å². The molecule has 10 nitrogen and oxygen atoms in total. The monoisotopic (exact) mass is 330 g/mol. The Balaban J connectivity index is -0.000000180. The van der Waals surface area contributed by atoms with Gasteiger partial charge in [-0.3, -0.25) is 17.5 Å². The molecule has 0 fully saturated rings. The van der Waals surface area contributed by atoms with Gasteiger partial charge in [0.25, 0.3) is 0 Å². The molecule has 0 aliphatic carbocycles. The van der Waals surface area contributed by atoms with Gasteiger partial charge in [-0.2, -0.15) is 16.8 Å². The zero-order chi connectivity index (χ0) is 12.2. The van der Waals surface area contributed by atoms with Crippen LogP contribution >= 0.6 is 0 Å². The minimum atomic E-state index is -4.82. The van der Waals surface area contributed by atoms with E-state index in [0.29, 0.717) is 0 Å². The van der Waals surface area contributed by atoms with Crippen LogP contribution in [0.3, 0.4) is 0 Å². The van der Waals surface area contributed by atoms with E-state index in [1.807, 2.05) is 0 Å². The second-order valence-corrected chi connectivity index (χ2v) is 7.95. The first kappa shape index (κ1) is 21.6. The first-order valence-electron chi connectivity index (χ1n) is 2.03. The molecular formula is H2CaO10S4. The Kier molecular flexibility index (Phi) is 12.1. The van der Waals surface area contributed by atoms with Crippen molar-refractivity contribution in [3.05, 3.63) is 0 Å². The van der Waals surface area contributed by atoms with E-state index < -0.39 is 38.5 Å². The molecule has 0 aliphatic heterocycles. The summed E-state index contributed by atoms with van der Waals surface area (Å²) in [5.41, 5.74) is 0. The fourth-order valence-electron chi connectivity index (χ4n) is 0. The maximum atomic E-state index is 9.27. The molecule has 15 heavy (non-hydrogen) atoms. The molecule has 2 atom stereocenters. The average molecular weight is 330 g/mol. The quantitative estimate of drug-likeness (QED) is 0.228. The van der Waals surface area contributed by atoms with Gasteiger partial charge in [0.2, 0.25) is 0 Å². The Bertz CT molecular complexity index is 368. The van der Waals surface area contributed by atoms with Gasteiger partial charge in [-0.1, -0.05) is 0 Å². The summed E-state index contributed by atoms with van der Waals surface area (Å²) in [5, 5.41) is 0. The van der Waals surface area contributed by atoms with Crippen LogP contribution in [0.1, 0.15) is 0 Å². The molecule has 0 aromatic rings. The molecule has 0 spiro atoms. The molecule has 0 aliphatic rings. The van der Waals surface area contributed by atoms with Crippen LogP contribution in [0.25, 0.3) is 0 Å². The summed E-state index contributed by atoms with van der Waals surface area (Å²) in [7, 11) is -16.5. The van der Waals surface area contributed by atoms with Crippen LogP contribution in [0.15, 0.2) is 0 Å². The minimum Gasteiger partial charge on any atom is -0.758 e. The fourth-order valence-corrected chi connectivity index (χ4v) is 0. The third-order valence-electron chi connectivity index (χ3n) is 0.344. The van der Waals surface area contributed by atoms with Crippen LogP contribution in [0.2, 0.25) is 0 Å². The van der Waals surface area contributed by atoms with Gasteiger partial charge < -0.3 is 9.11 Å². The van der Waals surface area contributed by atoms with Gasteiger partial charge in [0, 0.05) is 0 Å². The molecule has 2 unspecified atom stereocenters. The third-order valence-corrected chi connectivity index (χ3v) is 3.10. The van der Waals surface area contributed by atoms with Crippen LogP contribution in [-0.2, 0) is 38.5 Å². The van der Waals surface area contributed by atoms with E-state index in [1.54, 1.807) is 0 Å². The van der Waals surface area contributed by atoms with Gasteiger partial charge in [-0.15, -0.1) is 0 Å². The van der Waals surface area contributed by atoms with Crippen molar-refractivity contribution in [2.45, 2.75) is 0 Å². The molecular weight excluding hydrogens is 328 g/mol. The topological polar surface area (TPSA) is 189 Å². The molecule has 0 rings (SSSR count). The molecule has 0 amide bonds. The van der Waals surface area contributed by atoms with Gasteiger partial charge in [-0.25, -0.2) is 0 Å². The van der Waals surface area contributed by atoms with Crippen molar-refractivity contribution < 1.29 is 43.5 Å². The predicted molar refractivity (Wildman–Crippen MR) is 46.7 cm³/mol. The smallest absolute Gasteiger partial charge is 0.758 e. The zero-order valence-corrected chi connectivity index (χ0v) is 12.0. The summed E-state index contributed by atoms with van der Waals surface area (Å²) in [6.07, 6.45) is 0. The Morgan fingerprint density at radius 3 is 0.867 bits per heavy atom. The molecule has 0 heterocycles. The summed E-state index contributed by atoms with van der Waals surface area (Å²) in [6.45, 7) is 0. The first-order valence-corrected chi connectivity index (χ1v) is 8.10. The van der Waals surface area contributed by atoms with E-state index in [9.17, 15) is 34.4 Å². The van der Waals surface area contributed by atoms with E-state index in [4.69, 9.17) is 9.11 Å². The van der Waals surface area contributed by atoms with Gasteiger partial charge in [0.15, 0.2) is 0 Å². The summed E-state index contributed by atoms with van der Waals surface area (Å²) in [6, 6.07) is 0. The van der Waals surface area contributed by atoms with Crippen LogP contribution in [0, 0.1) is 0 Å². The molecule has 2 N–H and O–H groups in total. The van der Waals surface area contributed by atoms with E-state index in [2.05, 4.69) is 0 Å². The maximum absolute atomic E-state index is 9.27. The largest absolute Gasteiger partial charge is 2.00 e. The average Bonchev–Trinajstić information content (AvgIpc) is 1.83. The first-order chi connectivity index (χ1) is 5.89. The van der Waals surface area contributed by atoms with Crippen molar-refractivity contribution in [3.8, 4) is 0 Å². The zero-order valence-electron chi connectivity index (χ0n) is 6.50. The van der Waals surface area contributed by atoms with Crippen molar-refractivity contribution in [1.82, 2.24) is 0 Å². The molecule has 88 valence electrons. The molecule has 0 radical (unpaired) electrons. The number of hydrogen-bond donors (Lipinski definition) is 2. The normalized spacial score (nSPS) is 15.2. The Hall–Kier alpha value is 1.30. The van der Waals surface area contributed by atoms with Crippen molar-refractivity contribution in [2.24, 2.45) is 0 Å². The minimum absolute atomic E-state index is 0. The summed E-state index contributed by atoms with van der Waals surface area (Å²) in [5.74, 6) is 0. The summed E-state index contributed by atoms with van der Waals surface area (Å²) in [4.78, 5) is 0. The standard InChI is InChI=1S/Ca.2H2O5S2/c;2*1-6(2)7(3,4)5/h;2*(H,1,2)(H,3,4,5)/q+2;;/p-2. The molecule has 0 bridgehead atoms. The van der Waals surface area contributed by atoms with Gasteiger partial charge in [0.05, 0.1) is 20.2 Å². The predicted octanol–water partition coefficient (Wildman–Crippen LogP) is -3.04. The van der Waals surface area contributed by atoms with Crippen LogP contribution in [0.4, 0.5) is 0 Å². The van der Waals surface area contributed by atoms with Crippen molar-refractivity contribution in [1.29, 1.82) is 0 Å². The molecule has 15 heteroatoms. The molecule has 0 aromatic carbocycles. The number of rotatable bonds is 2. The van der Waals surface area contributed by atoms with Crippen molar-refractivity contribution in [2.75, 3.05) is 0 Å². The second kappa shape index (κ2) is 8.40. The van der Waals surface area contributed by atoms with E-state index in [0.717, 1.165) is 0 Å². The SMILES string of the molecule is O=S([O-])S(=O)(=O)O.O=S([O-])S(=O)(=O)O.[Ca+2]. The van der Waals surface area contributed by atoms with Gasteiger partial charge >= 0.3 is 56.0 Å². The molecule has 0 saturated heterocycles. The fraction of sp³-hybridized carbons (Fsp3) is 0. The van der Waals surface area contributed by atoms with E-state index in [1.165, 1.54) is 0 Å². The van der Waals surface area contributed by atoms with Crippen LogP contribution in [-0.4, -0.2) is 81.2 Å². The maximum Gasteiger partial charge on any atom is 2.00 e. The molecule has 0 saturated carbocycles. The van der Waals surface area contributed by atoms with E-state index >= 15 is 0 Å². The summed E-state index contributed by atoms with van der Waals surface area (Å²) < 4.78 is 88.7.